The highest BCUT2D eigenvalue weighted by molar-refractivity contribution is 5.88. The summed E-state index contributed by atoms with van der Waals surface area (Å²) in [6.07, 6.45) is 3.07. The average molecular weight is 238 g/mol. The van der Waals surface area contributed by atoms with E-state index in [0.29, 0.717) is 11.4 Å². The fourth-order valence-electron chi connectivity index (χ4n) is 1.51. The predicted octanol–water partition coefficient (Wildman–Crippen LogP) is -0.0446. The summed E-state index contributed by atoms with van der Waals surface area (Å²) in [4.78, 5) is 4.10. The summed E-state index contributed by atoms with van der Waals surface area (Å²) >= 11 is 0. The Labute approximate surface area is 97.5 Å². The maximum Gasteiger partial charge on any atom is 0.139 e. The van der Waals surface area contributed by atoms with E-state index in [9.17, 15) is 15.3 Å². The van der Waals surface area contributed by atoms with Crippen LogP contribution in [0.5, 0.6) is 0 Å². The van der Waals surface area contributed by atoms with Crippen LogP contribution in [0.2, 0.25) is 0 Å². The molecule has 0 unspecified atom stereocenters. The summed E-state index contributed by atoms with van der Waals surface area (Å²) in [5, 5.41) is 31.3. The molecular weight excluding hydrogens is 224 g/mol. The first-order valence-electron chi connectivity index (χ1n) is 5.17. The summed E-state index contributed by atoms with van der Waals surface area (Å²) in [6, 6.07) is 3.43. The second-order valence-corrected chi connectivity index (χ2v) is 3.87. The highest BCUT2D eigenvalue weighted by atomic mass is 16.3. The third kappa shape index (κ3) is 2.10. The quantitative estimate of drug-likeness (QED) is 0.583. The molecule has 0 spiro atoms. The summed E-state index contributed by atoms with van der Waals surface area (Å²) in [5.41, 5.74) is -0.552. The first kappa shape index (κ1) is 11.8. The van der Waals surface area contributed by atoms with Gasteiger partial charge >= 0.3 is 0 Å². The van der Waals surface area contributed by atoms with Crippen LogP contribution in [0.1, 0.15) is 0 Å². The van der Waals surface area contributed by atoms with Crippen molar-refractivity contribution >= 4 is 16.8 Å². The van der Waals surface area contributed by atoms with Crippen molar-refractivity contribution in [2.45, 2.75) is 5.54 Å². The van der Waals surface area contributed by atoms with Crippen LogP contribution in [-0.4, -0.2) is 45.7 Å². The summed E-state index contributed by atoms with van der Waals surface area (Å²) < 4.78 is 5.21. The third-order valence-electron chi connectivity index (χ3n) is 2.67. The maximum absolute atomic E-state index is 9.23. The zero-order chi connectivity index (χ0) is 12.3. The first-order valence-corrected chi connectivity index (χ1v) is 5.17. The fourth-order valence-corrected chi connectivity index (χ4v) is 1.51. The largest absolute Gasteiger partial charge is 0.464 e. The van der Waals surface area contributed by atoms with Gasteiger partial charge in [-0.1, -0.05) is 0 Å². The number of anilines is 1. The van der Waals surface area contributed by atoms with E-state index in [-0.39, 0.29) is 0 Å². The number of aromatic nitrogens is 1. The molecule has 0 aliphatic carbocycles. The number of aliphatic hydroxyl groups excluding tert-OH is 3. The van der Waals surface area contributed by atoms with Crippen LogP contribution in [0.25, 0.3) is 11.0 Å². The van der Waals surface area contributed by atoms with Gasteiger partial charge in [-0.25, -0.2) is 4.98 Å². The molecule has 0 aliphatic rings. The molecule has 0 saturated carbocycles. The van der Waals surface area contributed by atoms with E-state index < -0.39 is 25.4 Å². The molecule has 2 aromatic rings. The van der Waals surface area contributed by atoms with Crippen molar-refractivity contribution in [3.8, 4) is 0 Å². The third-order valence-corrected chi connectivity index (χ3v) is 2.67. The lowest BCUT2D eigenvalue weighted by Crippen LogP contribution is -2.49. The summed E-state index contributed by atoms with van der Waals surface area (Å²) in [6.45, 7) is -1.22. The Morgan fingerprint density at radius 1 is 1.18 bits per heavy atom. The molecule has 2 rings (SSSR count). The maximum atomic E-state index is 9.23. The molecule has 6 nitrogen and oxygen atoms in total. The number of pyridine rings is 1. The SMILES string of the molecule is OCC(CO)(CO)Nc1nccc2occc12. The lowest BCUT2D eigenvalue weighted by molar-refractivity contribution is 0.0832. The van der Waals surface area contributed by atoms with Gasteiger partial charge in [-0.05, 0) is 12.1 Å². The minimum Gasteiger partial charge on any atom is -0.464 e. The standard InChI is InChI=1S/C11H14N2O4/c14-5-11(6-15,7-16)13-10-8-2-4-17-9(8)1-3-12-10/h1-4,14-16H,5-7H2,(H,12,13). The lowest BCUT2D eigenvalue weighted by Gasteiger charge is -2.29. The number of hydrogen-bond acceptors (Lipinski definition) is 6. The Kier molecular flexibility index (Phi) is 3.28. The molecule has 17 heavy (non-hydrogen) atoms. The topological polar surface area (TPSA) is 98.8 Å². The van der Waals surface area contributed by atoms with Crippen LogP contribution in [-0.2, 0) is 0 Å². The monoisotopic (exact) mass is 238 g/mol. The summed E-state index contributed by atoms with van der Waals surface area (Å²) in [7, 11) is 0. The van der Waals surface area contributed by atoms with Crippen LogP contribution >= 0.6 is 0 Å². The number of aliphatic hydroxyl groups is 3. The van der Waals surface area contributed by atoms with E-state index in [4.69, 9.17) is 4.42 Å². The minimum absolute atomic E-state index is 0.407. The van der Waals surface area contributed by atoms with Crippen molar-refractivity contribution in [3.05, 3.63) is 24.6 Å². The summed E-state index contributed by atoms with van der Waals surface area (Å²) in [5.74, 6) is 0.452. The smallest absolute Gasteiger partial charge is 0.139 e. The Morgan fingerprint density at radius 3 is 2.53 bits per heavy atom. The van der Waals surface area contributed by atoms with Crippen molar-refractivity contribution in [1.29, 1.82) is 0 Å². The van der Waals surface area contributed by atoms with E-state index in [1.165, 1.54) is 6.26 Å². The molecular formula is C11H14N2O4. The van der Waals surface area contributed by atoms with E-state index >= 15 is 0 Å². The normalized spacial score (nSPS) is 11.9. The molecule has 0 radical (unpaired) electrons. The van der Waals surface area contributed by atoms with Gasteiger partial charge in [0.15, 0.2) is 0 Å². The van der Waals surface area contributed by atoms with Crippen molar-refractivity contribution < 1.29 is 19.7 Å². The van der Waals surface area contributed by atoms with Crippen LogP contribution < -0.4 is 5.32 Å². The number of hydrogen-bond donors (Lipinski definition) is 4. The van der Waals surface area contributed by atoms with Crippen LogP contribution in [0.4, 0.5) is 5.82 Å². The molecule has 0 amide bonds. The number of furan rings is 1. The fraction of sp³-hybridized carbons (Fsp3) is 0.364. The van der Waals surface area contributed by atoms with Gasteiger partial charge in [0.25, 0.3) is 0 Å². The zero-order valence-corrected chi connectivity index (χ0v) is 9.13. The Bertz CT molecular complexity index is 485. The Balaban J connectivity index is 2.37. The first-order chi connectivity index (χ1) is 8.24. The number of nitrogens with one attached hydrogen (secondary N) is 1. The van der Waals surface area contributed by atoms with Crippen LogP contribution in [0, 0.1) is 0 Å². The van der Waals surface area contributed by atoms with Gasteiger partial charge in [-0.15, -0.1) is 0 Å². The number of rotatable bonds is 5. The van der Waals surface area contributed by atoms with E-state index in [2.05, 4.69) is 10.3 Å². The van der Waals surface area contributed by atoms with Crippen molar-refractivity contribution in [3.63, 3.8) is 0 Å². The van der Waals surface area contributed by atoms with Crippen LogP contribution in [0.3, 0.4) is 0 Å². The van der Waals surface area contributed by atoms with Gasteiger partial charge in [0, 0.05) is 6.20 Å². The highest BCUT2D eigenvalue weighted by Crippen LogP contribution is 2.24. The second kappa shape index (κ2) is 4.70. The molecule has 2 aromatic heterocycles. The Morgan fingerprint density at radius 2 is 1.88 bits per heavy atom. The predicted molar refractivity (Wildman–Crippen MR) is 61.6 cm³/mol. The van der Waals surface area contributed by atoms with Gasteiger partial charge in [0.1, 0.15) is 16.9 Å². The number of nitrogens with zero attached hydrogens (tertiary/aromatic N) is 1. The van der Waals surface area contributed by atoms with Gasteiger partial charge in [-0.3, -0.25) is 0 Å². The molecule has 0 atom stereocenters. The van der Waals surface area contributed by atoms with E-state index in [1.54, 1.807) is 18.3 Å². The van der Waals surface area contributed by atoms with Crippen LogP contribution in [0.15, 0.2) is 29.0 Å². The number of fused-ring (bicyclic) bond motifs is 1. The van der Waals surface area contributed by atoms with Gasteiger partial charge in [-0.2, -0.15) is 0 Å². The van der Waals surface area contributed by atoms with E-state index in [0.717, 1.165) is 5.39 Å². The van der Waals surface area contributed by atoms with Gasteiger partial charge in [0.2, 0.25) is 0 Å². The Hall–Kier alpha value is -1.63. The molecule has 2 heterocycles. The molecule has 0 aromatic carbocycles. The molecule has 4 N–H and O–H groups in total. The molecule has 0 fully saturated rings. The second-order valence-electron chi connectivity index (χ2n) is 3.87. The van der Waals surface area contributed by atoms with Gasteiger partial charge in [0.05, 0.1) is 31.5 Å². The van der Waals surface area contributed by atoms with Gasteiger partial charge < -0.3 is 25.1 Å². The van der Waals surface area contributed by atoms with Crippen molar-refractivity contribution in [2.24, 2.45) is 0 Å². The average Bonchev–Trinajstić information content (AvgIpc) is 2.85. The highest BCUT2D eigenvalue weighted by Gasteiger charge is 2.28. The van der Waals surface area contributed by atoms with Crippen molar-refractivity contribution in [2.75, 3.05) is 25.1 Å². The molecule has 0 aliphatic heterocycles. The molecule has 6 heteroatoms. The minimum atomic E-state index is -1.20. The molecule has 92 valence electrons. The van der Waals surface area contributed by atoms with Crippen molar-refractivity contribution in [1.82, 2.24) is 4.98 Å². The molecule has 0 bridgehead atoms. The van der Waals surface area contributed by atoms with E-state index in [1.807, 2.05) is 0 Å². The molecule has 0 saturated heterocycles. The lowest BCUT2D eigenvalue weighted by atomic mass is 10.0. The zero-order valence-electron chi connectivity index (χ0n) is 9.13.